The molecule has 0 N–H and O–H groups in total. The summed E-state index contributed by atoms with van der Waals surface area (Å²) in [5, 5.41) is 3.69. The van der Waals surface area contributed by atoms with Crippen LogP contribution in [0.5, 0.6) is 0 Å². The number of hydrogen-bond donors (Lipinski definition) is 0. The number of hydrogen-bond acceptors (Lipinski definition) is 3. The zero-order valence-electron chi connectivity index (χ0n) is 13.2. The summed E-state index contributed by atoms with van der Waals surface area (Å²) in [6.07, 6.45) is 0. The van der Waals surface area contributed by atoms with E-state index in [1.807, 2.05) is 0 Å². The molecule has 4 nitrogen and oxygen atoms in total. The highest BCUT2D eigenvalue weighted by Crippen LogP contribution is 2.35. The van der Waals surface area contributed by atoms with Gasteiger partial charge in [-0.1, -0.05) is 16.8 Å². The molecule has 130 valence electrons. The number of aromatic nitrogens is 2. The summed E-state index contributed by atoms with van der Waals surface area (Å²) in [6, 6.07) is 3.91. The van der Waals surface area contributed by atoms with Crippen molar-refractivity contribution in [2.24, 2.45) is 0 Å². The quantitative estimate of drug-likeness (QED) is 0.680. The molecule has 3 aromatic rings. The lowest BCUT2D eigenvalue weighted by Crippen LogP contribution is -2.23. The van der Waals surface area contributed by atoms with Crippen LogP contribution in [0.2, 0.25) is 5.02 Å². The smallest absolute Gasteiger partial charge is 0.269 e. The number of halogens is 4. The lowest BCUT2D eigenvalue weighted by Gasteiger charge is -2.17. The topological polar surface area (TPSA) is 48.0 Å². The largest absolute Gasteiger partial charge is 0.361 e. The standard InChI is InChI=1S/C17H12ClF3N2O2/c1-3-23-16(15-12(20)5-9(19)6-13(15)21)10(7-11(18)17(23)24)14-4-8(2)25-22-14/h4-7H,3H2,1-2H3. The fourth-order valence-corrected chi connectivity index (χ4v) is 2.87. The second-order valence-electron chi connectivity index (χ2n) is 5.37. The molecule has 0 aliphatic rings. The average Bonchev–Trinajstić information content (AvgIpc) is 2.96. The van der Waals surface area contributed by atoms with E-state index in [-0.39, 0.29) is 28.5 Å². The summed E-state index contributed by atoms with van der Waals surface area (Å²) in [5.74, 6) is -2.87. The van der Waals surface area contributed by atoms with Gasteiger partial charge < -0.3 is 9.09 Å². The van der Waals surface area contributed by atoms with Crippen LogP contribution in [0, 0.1) is 24.4 Å². The first-order valence-corrected chi connectivity index (χ1v) is 7.73. The third-order valence-corrected chi connectivity index (χ3v) is 3.98. The summed E-state index contributed by atoms with van der Waals surface area (Å²) in [4.78, 5) is 12.3. The van der Waals surface area contributed by atoms with Gasteiger partial charge in [0.2, 0.25) is 0 Å². The molecule has 1 aromatic carbocycles. The zero-order chi connectivity index (χ0) is 18.3. The van der Waals surface area contributed by atoms with Gasteiger partial charge >= 0.3 is 0 Å². The lowest BCUT2D eigenvalue weighted by molar-refractivity contribution is 0.399. The van der Waals surface area contributed by atoms with E-state index < -0.39 is 28.6 Å². The Morgan fingerprint density at radius 2 is 1.80 bits per heavy atom. The summed E-state index contributed by atoms with van der Waals surface area (Å²) >= 11 is 5.98. The van der Waals surface area contributed by atoms with Crippen molar-refractivity contribution >= 4 is 11.6 Å². The molecular formula is C17H12ClF3N2O2. The van der Waals surface area contributed by atoms with Crippen molar-refractivity contribution in [2.75, 3.05) is 0 Å². The van der Waals surface area contributed by atoms with Gasteiger partial charge in [0.15, 0.2) is 0 Å². The van der Waals surface area contributed by atoms with Crippen LogP contribution in [0.15, 0.2) is 33.6 Å². The minimum Gasteiger partial charge on any atom is -0.361 e. The van der Waals surface area contributed by atoms with Gasteiger partial charge in [-0.25, -0.2) is 13.2 Å². The maximum absolute atomic E-state index is 14.4. The molecule has 0 atom stereocenters. The van der Waals surface area contributed by atoms with Crippen molar-refractivity contribution < 1.29 is 17.7 Å². The van der Waals surface area contributed by atoms with Gasteiger partial charge in [0, 0.05) is 30.3 Å². The molecule has 8 heteroatoms. The second kappa shape index (κ2) is 6.40. The van der Waals surface area contributed by atoms with Gasteiger partial charge in [0.1, 0.15) is 33.9 Å². The molecule has 0 radical (unpaired) electrons. The van der Waals surface area contributed by atoms with Crippen LogP contribution in [-0.4, -0.2) is 9.72 Å². The maximum Gasteiger partial charge on any atom is 0.269 e. The van der Waals surface area contributed by atoms with E-state index in [0.29, 0.717) is 17.9 Å². The van der Waals surface area contributed by atoms with Crippen LogP contribution in [0.1, 0.15) is 12.7 Å². The van der Waals surface area contributed by atoms with Crippen molar-refractivity contribution in [2.45, 2.75) is 20.4 Å². The predicted octanol–water partition coefficient (Wildman–Crippen LogP) is 4.57. The molecule has 0 unspecified atom stereocenters. The Morgan fingerprint density at radius 1 is 1.16 bits per heavy atom. The highest BCUT2D eigenvalue weighted by Gasteiger charge is 2.24. The number of aryl methyl sites for hydroxylation is 1. The molecule has 2 heterocycles. The Kier molecular flexibility index (Phi) is 4.43. The van der Waals surface area contributed by atoms with Gasteiger partial charge in [0.05, 0.1) is 11.3 Å². The molecule has 0 aliphatic carbocycles. The van der Waals surface area contributed by atoms with Crippen molar-refractivity contribution in [3.05, 3.63) is 62.9 Å². The van der Waals surface area contributed by atoms with Crippen molar-refractivity contribution in [1.82, 2.24) is 9.72 Å². The normalized spacial score (nSPS) is 11.1. The van der Waals surface area contributed by atoms with Gasteiger partial charge in [-0.15, -0.1) is 0 Å². The molecular weight excluding hydrogens is 357 g/mol. The highest BCUT2D eigenvalue weighted by atomic mass is 35.5. The molecule has 0 amide bonds. The lowest BCUT2D eigenvalue weighted by atomic mass is 10.0. The molecule has 25 heavy (non-hydrogen) atoms. The summed E-state index contributed by atoms with van der Waals surface area (Å²) < 4.78 is 48.1. The third kappa shape index (κ3) is 2.95. The summed E-state index contributed by atoms with van der Waals surface area (Å²) in [7, 11) is 0. The minimum absolute atomic E-state index is 0.0831. The summed E-state index contributed by atoms with van der Waals surface area (Å²) in [5.41, 5.74) is -0.786. The fraction of sp³-hybridized carbons (Fsp3) is 0.176. The van der Waals surface area contributed by atoms with Gasteiger partial charge in [-0.2, -0.15) is 0 Å². The molecule has 0 fully saturated rings. The van der Waals surface area contributed by atoms with Crippen molar-refractivity contribution in [3.8, 4) is 22.5 Å². The molecule has 0 saturated carbocycles. The van der Waals surface area contributed by atoms with E-state index in [0.717, 1.165) is 4.57 Å². The molecule has 0 aliphatic heterocycles. The fourth-order valence-electron chi connectivity index (χ4n) is 2.66. The van der Waals surface area contributed by atoms with Crippen LogP contribution >= 0.6 is 11.6 Å². The van der Waals surface area contributed by atoms with Crippen molar-refractivity contribution in [3.63, 3.8) is 0 Å². The first kappa shape index (κ1) is 17.3. The van der Waals surface area contributed by atoms with Gasteiger partial charge in [0.25, 0.3) is 5.56 Å². The molecule has 0 spiro atoms. The number of pyridine rings is 1. The van der Waals surface area contributed by atoms with E-state index in [4.69, 9.17) is 16.1 Å². The Labute approximate surface area is 145 Å². The molecule has 2 aromatic heterocycles. The second-order valence-corrected chi connectivity index (χ2v) is 5.78. The SMILES string of the molecule is CCn1c(-c2c(F)cc(F)cc2F)c(-c2cc(C)on2)cc(Cl)c1=O. The molecule has 0 bridgehead atoms. The van der Waals surface area contributed by atoms with E-state index in [2.05, 4.69) is 5.16 Å². The average molecular weight is 369 g/mol. The Bertz CT molecular complexity index is 1000. The summed E-state index contributed by atoms with van der Waals surface area (Å²) in [6.45, 7) is 3.36. The minimum atomic E-state index is -1.14. The Hall–Kier alpha value is -2.54. The maximum atomic E-state index is 14.4. The number of rotatable bonds is 3. The van der Waals surface area contributed by atoms with E-state index in [1.165, 1.54) is 6.07 Å². The Morgan fingerprint density at radius 3 is 2.32 bits per heavy atom. The monoisotopic (exact) mass is 368 g/mol. The molecule has 3 rings (SSSR count). The third-order valence-electron chi connectivity index (χ3n) is 3.71. The number of benzene rings is 1. The van der Waals surface area contributed by atoms with Crippen LogP contribution in [-0.2, 0) is 6.54 Å². The van der Waals surface area contributed by atoms with Crippen LogP contribution < -0.4 is 5.56 Å². The Balaban J connectivity index is 2.47. The van der Waals surface area contributed by atoms with E-state index in [9.17, 15) is 18.0 Å². The van der Waals surface area contributed by atoms with Gasteiger partial charge in [-0.05, 0) is 19.9 Å². The number of nitrogens with zero attached hydrogens (tertiary/aromatic N) is 2. The highest BCUT2D eigenvalue weighted by molar-refractivity contribution is 6.30. The van der Waals surface area contributed by atoms with Crippen LogP contribution in [0.3, 0.4) is 0 Å². The van der Waals surface area contributed by atoms with E-state index in [1.54, 1.807) is 19.9 Å². The van der Waals surface area contributed by atoms with Crippen LogP contribution in [0.4, 0.5) is 13.2 Å². The first-order chi connectivity index (χ1) is 11.8. The van der Waals surface area contributed by atoms with E-state index >= 15 is 0 Å². The molecule has 0 saturated heterocycles. The zero-order valence-corrected chi connectivity index (χ0v) is 14.0. The van der Waals surface area contributed by atoms with Crippen molar-refractivity contribution in [1.29, 1.82) is 0 Å². The first-order valence-electron chi connectivity index (χ1n) is 7.35. The predicted molar refractivity (Wildman–Crippen MR) is 86.9 cm³/mol. The van der Waals surface area contributed by atoms with Gasteiger partial charge in [-0.3, -0.25) is 4.79 Å². The van der Waals surface area contributed by atoms with Crippen LogP contribution in [0.25, 0.3) is 22.5 Å².